The van der Waals surface area contributed by atoms with Gasteiger partial charge in [0, 0.05) is 29.3 Å². The van der Waals surface area contributed by atoms with Gasteiger partial charge in [0.05, 0.1) is 9.83 Å². The molecule has 0 aliphatic carbocycles. The minimum atomic E-state index is -0.550. The minimum Gasteiger partial charge on any atom is -0.269 e. The Morgan fingerprint density at radius 3 is 2.70 bits per heavy atom. The molecular formula is C12H9ClN2O4S. The summed E-state index contributed by atoms with van der Waals surface area (Å²) in [5, 5.41) is 10.6. The van der Waals surface area contributed by atoms with Crippen molar-refractivity contribution in [1.82, 2.24) is 4.90 Å². The molecule has 0 N–H and O–H groups in total. The Hall–Kier alpha value is -1.86. The summed E-state index contributed by atoms with van der Waals surface area (Å²) in [4.78, 5) is 35.0. The molecule has 0 spiro atoms. The maximum absolute atomic E-state index is 11.9. The number of hydrogen-bond acceptors (Lipinski definition) is 5. The topological polar surface area (TPSA) is 80.5 Å². The summed E-state index contributed by atoms with van der Waals surface area (Å²) >= 11 is 6.74. The lowest BCUT2D eigenvalue weighted by atomic mass is 10.2. The largest absolute Gasteiger partial charge is 0.293 e. The van der Waals surface area contributed by atoms with Gasteiger partial charge in [0.1, 0.15) is 0 Å². The van der Waals surface area contributed by atoms with E-state index in [-0.39, 0.29) is 27.4 Å². The van der Waals surface area contributed by atoms with Crippen LogP contribution < -0.4 is 0 Å². The Kier molecular flexibility index (Phi) is 4.10. The lowest BCUT2D eigenvalue weighted by molar-refractivity contribution is -0.384. The third-order valence-corrected chi connectivity index (χ3v) is 3.92. The van der Waals surface area contributed by atoms with Crippen LogP contribution in [0.4, 0.5) is 10.5 Å². The van der Waals surface area contributed by atoms with Gasteiger partial charge in [-0.15, -0.1) is 0 Å². The molecule has 1 aliphatic heterocycles. The van der Waals surface area contributed by atoms with Crippen LogP contribution in [-0.4, -0.2) is 27.5 Å². The molecule has 0 aromatic heterocycles. The molecule has 1 saturated heterocycles. The molecule has 1 heterocycles. The number of nitro benzene ring substituents is 1. The predicted octanol–water partition coefficient (Wildman–Crippen LogP) is 3.30. The fourth-order valence-corrected chi connectivity index (χ4v) is 2.74. The molecule has 0 bridgehead atoms. The second-order valence-corrected chi connectivity index (χ2v) is 5.29. The highest BCUT2D eigenvalue weighted by molar-refractivity contribution is 8.18. The summed E-state index contributed by atoms with van der Waals surface area (Å²) in [5.41, 5.74) is 0.206. The zero-order chi connectivity index (χ0) is 14.9. The normalized spacial score (nSPS) is 17.1. The van der Waals surface area contributed by atoms with Crippen molar-refractivity contribution >= 4 is 46.3 Å². The molecule has 6 nitrogen and oxygen atoms in total. The lowest BCUT2D eigenvalue weighted by Gasteiger charge is -2.07. The molecule has 1 aromatic carbocycles. The van der Waals surface area contributed by atoms with Crippen LogP contribution in [0.15, 0.2) is 23.1 Å². The number of carbonyl (C=O) groups excluding carboxylic acids is 2. The van der Waals surface area contributed by atoms with Crippen molar-refractivity contribution in [3.8, 4) is 0 Å². The highest BCUT2D eigenvalue weighted by Crippen LogP contribution is 2.34. The zero-order valence-corrected chi connectivity index (χ0v) is 11.9. The van der Waals surface area contributed by atoms with E-state index in [1.807, 2.05) is 0 Å². The monoisotopic (exact) mass is 312 g/mol. The molecule has 20 heavy (non-hydrogen) atoms. The van der Waals surface area contributed by atoms with Gasteiger partial charge in [-0.2, -0.15) is 0 Å². The highest BCUT2D eigenvalue weighted by atomic mass is 35.5. The highest BCUT2D eigenvalue weighted by Gasteiger charge is 2.33. The van der Waals surface area contributed by atoms with E-state index in [0.29, 0.717) is 5.56 Å². The van der Waals surface area contributed by atoms with Gasteiger partial charge >= 0.3 is 0 Å². The first-order chi connectivity index (χ1) is 9.43. The van der Waals surface area contributed by atoms with Crippen molar-refractivity contribution in [3.63, 3.8) is 0 Å². The van der Waals surface area contributed by atoms with E-state index >= 15 is 0 Å². The van der Waals surface area contributed by atoms with Gasteiger partial charge in [-0.1, -0.05) is 11.6 Å². The summed E-state index contributed by atoms with van der Waals surface area (Å²) in [6, 6.07) is 3.93. The number of carbonyl (C=O) groups is 2. The van der Waals surface area contributed by atoms with Crippen LogP contribution in [-0.2, 0) is 4.79 Å². The number of halogens is 1. The van der Waals surface area contributed by atoms with Gasteiger partial charge < -0.3 is 0 Å². The van der Waals surface area contributed by atoms with Gasteiger partial charge in [-0.05, 0) is 30.8 Å². The molecule has 8 heteroatoms. The van der Waals surface area contributed by atoms with Gasteiger partial charge in [0.25, 0.3) is 16.8 Å². The second-order valence-electron chi connectivity index (χ2n) is 3.89. The molecule has 1 aromatic rings. The van der Waals surface area contributed by atoms with Gasteiger partial charge in [0.2, 0.25) is 0 Å². The number of likely N-dealkylation sites (N-methyl/N-ethyl adjacent to an activating group) is 1. The molecule has 0 saturated carbocycles. The first-order valence-corrected chi connectivity index (χ1v) is 6.82. The Morgan fingerprint density at radius 2 is 2.15 bits per heavy atom. The Balaban J connectivity index is 2.41. The molecular weight excluding hydrogens is 304 g/mol. The SMILES string of the molecule is CCN1C(=O)S/C(=C\c2cc([N+](=O)[O-])ccc2Cl)C1=O. The molecule has 104 valence electrons. The number of non-ortho nitro benzene ring substituents is 1. The number of hydrogen-bond donors (Lipinski definition) is 0. The number of nitro groups is 1. The van der Waals surface area contributed by atoms with Gasteiger partial charge in [-0.25, -0.2) is 0 Å². The van der Waals surface area contributed by atoms with Crippen molar-refractivity contribution < 1.29 is 14.5 Å². The van der Waals surface area contributed by atoms with Crippen molar-refractivity contribution in [2.24, 2.45) is 0 Å². The van der Waals surface area contributed by atoms with Gasteiger partial charge in [-0.3, -0.25) is 24.6 Å². The van der Waals surface area contributed by atoms with E-state index in [9.17, 15) is 19.7 Å². The Labute approximate surface area is 123 Å². The van der Waals surface area contributed by atoms with E-state index in [1.165, 1.54) is 24.3 Å². The van der Waals surface area contributed by atoms with Crippen LogP contribution in [0.2, 0.25) is 5.02 Å². The molecule has 0 atom stereocenters. The molecule has 2 amide bonds. The standard InChI is InChI=1S/C12H9ClN2O4S/c1-2-14-11(16)10(20-12(14)17)6-7-5-8(15(18)19)3-4-9(7)13/h3-6H,2H2,1H3/b10-6-. The van der Waals surface area contributed by atoms with Crippen LogP contribution in [0.25, 0.3) is 6.08 Å². The van der Waals surface area contributed by atoms with Crippen LogP contribution in [0.5, 0.6) is 0 Å². The van der Waals surface area contributed by atoms with E-state index in [0.717, 1.165) is 16.7 Å². The minimum absolute atomic E-state index is 0.129. The van der Waals surface area contributed by atoms with Crippen LogP contribution >= 0.6 is 23.4 Å². The number of benzene rings is 1. The average Bonchev–Trinajstić information content (AvgIpc) is 2.66. The van der Waals surface area contributed by atoms with Crippen LogP contribution in [0.3, 0.4) is 0 Å². The quantitative estimate of drug-likeness (QED) is 0.486. The molecule has 1 aliphatic rings. The van der Waals surface area contributed by atoms with Crippen LogP contribution in [0, 0.1) is 10.1 Å². The van der Waals surface area contributed by atoms with E-state index < -0.39 is 10.8 Å². The molecule has 2 rings (SSSR count). The van der Waals surface area contributed by atoms with E-state index in [1.54, 1.807) is 6.92 Å². The van der Waals surface area contributed by atoms with Crippen molar-refractivity contribution in [2.75, 3.05) is 6.54 Å². The first-order valence-electron chi connectivity index (χ1n) is 5.63. The maximum Gasteiger partial charge on any atom is 0.293 e. The number of rotatable bonds is 3. The number of thioether (sulfide) groups is 1. The third-order valence-electron chi connectivity index (χ3n) is 2.67. The Bertz CT molecular complexity index is 644. The van der Waals surface area contributed by atoms with Crippen molar-refractivity contribution in [3.05, 3.63) is 43.8 Å². The summed E-state index contributed by atoms with van der Waals surface area (Å²) in [7, 11) is 0. The summed E-state index contributed by atoms with van der Waals surface area (Å²) in [6.45, 7) is 1.98. The van der Waals surface area contributed by atoms with Gasteiger partial charge in [0.15, 0.2) is 0 Å². The smallest absolute Gasteiger partial charge is 0.269 e. The predicted molar refractivity (Wildman–Crippen MR) is 76.5 cm³/mol. The second kappa shape index (κ2) is 5.64. The first kappa shape index (κ1) is 14.5. The third kappa shape index (κ3) is 2.68. The molecule has 0 unspecified atom stereocenters. The summed E-state index contributed by atoms with van der Waals surface area (Å²) in [6.07, 6.45) is 1.40. The van der Waals surface area contributed by atoms with Crippen molar-refractivity contribution in [1.29, 1.82) is 0 Å². The van der Waals surface area contributed by atoms with Crippen molar-refractivity contribution in [2.45, 2.75) is 6.92 Å². The molecule has 1 fully saturated rings. The summed E-state index contributed by atoms with van der Waals surface area (Å²) in [5.74, 6) is -0.412. The molecule has 0 radical (unpaired) electrons. The average molecular weight is 313 g/mol. The fourth-order valence-electron chi connectivity index (χ4n) is 1.67. The van der Waals surface area contributed by atoms with E-state index in [4.69, 9.17) is 11.6 Å². The number of nitrogens with zero attached hydrogens (tertiary/aromatic N) is 2. The number of imide groups is 1. The zero-order valence-electron chi connectivity index (χ0n) is 10.3. The van der Waals surface area contributed by atoms with Crippen LogP contribution in [0.1, 0.15) is 12.5 Å². The lowest BCUT2D eigenvalue weighted by Crippen LogP contribution is -2.27. The fraction of sp³-hybridized carbons (Fsp3) is 0.167. The Morgan fingerprint density at radius 1 is 1.45 bits per heavy atom. The number of amides is 2. The maximum atomic E-state index is 11.9. The van der Waals surface area contributed by atoms with E-state index in [2.05, 4.69) is 0 Å². The summed E-state index contributed by atoms with van der Waals surface area (Å²) < 4.78 is 0.